The van der Waals surface area contributed by atoms with Crippen molar-refractivity contribution in [3.8, 4) is 0 Å². The van der Waals surface area contributed by atoms with E-state index in [4.69, 9.17) is 4.42 Å². The summed E-state index contributed by atoms with van der Waals surface area (Å²) in [6.45, 7) is 1.72. The van der Waals surface area contributed by atoms with Gasteiger partial charge in [-0.05, 0) is 17.7 Å². The summed E-state index contributed by atoms with van der Waals surface area (Å²) < 4.78 is 6.00. The van der Waals surface area contributed by atoms with Crippen LogP contribution < -0.4 is 5.32 Å². The number of aromatic amines is 1. The normalized spacial score (nSPS) is 16.6. The van der Waals surface area contributed by atoms with Crippen LogP contribution in [0.1, 0.15) is 22.7 Å². The molecular weight excluding hydrogens is 364 g/mol. The lowest BCUT2D eigenvalue weighted by molar-refractivity contribution is -0.127. The summed E-state index contributed by atoms with van der Waals surface area (Å²) >= 11 is 0. The topological polar surface area (TPSA) is 74.2 Å². The maximum atomic E-state index is 13.1. The van der Waals surface area contributed by atoms with Gasteiger partial charge in [0.15, 0.2) is 0 Å². The van der Waals surface area contributed by atoms with Crippen molar-refractivity contribution in [2.45, 2.75) is 32.1 Å². The van der Waals surface area contributed by atoms with Gasteiger partial charge >= 0.3 is 0 Å². The Hall–Kier alpha value is -3.38. The minimum Gasteiger partial charge on any atom is -0.460 e. The number of hydrogen-bond donors (Lipinski definition) is 2. The Labute approximate surface area is 168 Å². The minimum absolute atomic E-state index is 0.0126. The number of carbonyl (C=O) groups is 1. The van der Waals surface area contributed by atoms with Gasteiger partial charge in [0.25, 0.3) is 0 Å². The summed E-state index contributed by atoms with van der Waals surface area (Å²) in [5, 5.41) is 4.16. The lowest BCUT2D eigenvalue weighted by Gasteiger charge is -2.33. The van der Waals surface area contributed by atoms with Crippen LogP contribution in [0.15, 0.2) is 71.4 Å². The molecule has 2 aromatic heterocycles. The van der Waals surface area contributed by atoms with Crippen LogP contribution in [0.2, 0.25) is 0 Å². The molecule has 2 aromatic carbocycles. The maximum absolute atomic E-state index is 13.1. The molecule has 1 atom stereocenters. The van der Waals surface area contributed by atoms with Crippen LogP contribution in [0.3, 0.4) is 0 Å². The van der Waals surface area contributed by atoms with E-state index in [0.717, 1.165) is 33.7 Å². The molecule has 0 spiro atoms. The lowest BCUT2D eigenvalue weighted by Crippen LogP contribution is -2.49. The molecule has 29 heavy (non-hydrogen) atoms. The molecular formula is C23H22N4O2. The molecule has 5 rings (SSSR count). The third-order valence-electron chi connectivity index (χ3n) is 5.44. The van der Waals surface area contributed by atoms with Gasteiger partial charge in [-0.3, -0.25) is 9.69 Å². The largest absolute Gasteiger partial charge is 0.460 e. The number of nitrogens with zero attached hydrogens (tertiary/aromatic N) is 2. The van der Waals surface area contributed by atoms with Crippen molar-refractivity contribution in [1.29, 1.82) is 0 Å². The predicted molar refractivity (Wildman–Crippen MR) is 110 cm³/mol. The predicted octanol–water partition coefficient (Wildman–Crippen LogP) is 3.40. The van der Waals surface area contributed by atoms with E-state index < -0.39 is 0 Å². The SMILES string of the molecule is O=C(NCc1ccccc1)C1Cc2nc[nH]c2CN1Cc1cc2ccccc2o1. The van der Waals surface area contributed by atoms with E-state index in [1.807, 2.05) is 54.6 Å². The van der Waals surface area contributed by atoms with Crippen molar-refractivity contribution < 1.29 is 9.21 Å². The summed E-state index contributed by atoms with van der Waals surface area (Å²) in [6.07, 6.45) is 2.29. The molecule has 3 heterocycles. The Morgan fingerprint density at radius 3 is 2.86 bits per heavy atom. The van der Waals surface area contributed by atoms with Crippen LogP contribution in [0.5, 0.6) is 0 Å². The number of fused-ring (bicyclic) bond motifs is 2. The molecule has 0 aliphatic carbocycles. The van der Waals surface area contributed by atoms with Crippen molar-refractivity contribution in [3.05, 3.63) is 89.7 Å². The van der Waals surface area contributed by atoms with Crippen molar-refractivity contribution in [2.75, 3.05) is 0 Å². The van der Waals surface area contributed by atoms with Crippen molar-refractivity contribution >= 4 is 16.9 Å². The first-order valence-corrected chi connectivity index (χ1v) is 9.80. The van der Waals surface area contributed by atoms with Crippen molar-refractivity contribution in [1.82, 2.24) is 20.2 Å². The molecule has 0 fully saturated rings. The molecule has 1 aliphatic rings. The first-order valence-electron chi connectivity index (χ1n) is 9.80. The van der Waals surface area contributed by atoms with E-state index in [1.54, 1.807) is 6.33 Å². The van der Waals surface area contributed by atoms with E-state index >= 15 is 0 Å². The number of hydrogen-bond acceptors (Lipinski definition) is 4. The third kappa shape index (κ3) is 3.67. The van der Waals surface area contributed by atoms with Gasteiger partial charge in [0.2, 0.25) is 5.91 Å². The average molecular weight is 386 g/mol. The molecule has 1 aliphatic heterocycles. The number of imidazole rings is 1. The van der Waals surface area contributed by atoms with Gasteiger partial charge in [-0.1, -0.05) is 48.5 Å². The summed E-state index contributed by atoms with van der Waals surface area (Å²) in [5.41, 5.74) is 3.98. The lowest BCUT2D eigenvalue weighted by atomic mass is 10.0. The molecule has 0 saturated carbocycles. The zero-order chi connectivity index (χ0) is 19.6. The van der Waals surface area contributed by atoms with Gasteiger partial charge < -0.3 is 14.7 Å². The van der Waals surface area contributed by atoms with Crippen molar-refractivity contribution in [3.63, 3.8) is 0 Å². The van der Waals surface area contributed by atoms with Crippen LogP contribution >= 0.6 is 0 Å². The Bertz CT molecular complexity index is 1100. The Morgan fingerprint density at radius 1 is 1.17 bits per heavy atom. The zero-order valence-electron chi connectivity index (χ0n) is 16.0. The highest BCUT2D eigenvalue weighted by Gasteiger charge is 2.33. The summed E-state index contributed by atoms with van der Waals surface area (Å²) in [6, 6.07) is 19.7. The molecule has 1 unspecified atom stereocenters. The number of rotatable bonds is 5. The van der Waals surface area contributed by atoms with Crippen LogP contribution in [0.4, 0.5) is 0 Å². The molecule has 2 N–H and O–H groups in total. The first-order chi connectivity index (χ1) is 14.3. The van der Waals surface area contributed by atoms with Crippen LogP contribution in [-0.4, -0.2) is 26.8 Å². The van der Waals surface area contributed by atoms with Gasteiger partial charge in [-0.25, -0.2) is 4.98 Å². The number of furan rings is 1. The first kappa shape index (κ1) is 17.7. The second kappa shape index (κ2) is 7.56. The molecule has 1 amide bonds. The Morgan fingerprint density at radius 2 is 2.00 bits per heavy atom. The zero-order valence-corrected chi connectivity index (χ0v) is 16.0. The van der Waals surface area contributed by atoms with E-state index in [0.29, 0.717) is 26.1 Å². The van der Waals surface area contributed by atoms with Gasteiger partial charge in [0.05, 0.1) is 30.3 Å². The second-order valence-corrected chi connectivity index (χ2v) is 7.41. The second-order valence-electron chi connectivity index (χ2n) is 7.41. The minimum atomic E-state index is -0.289. The molecule has 146 valence electrons. The molecule has 6 nitrogen and oxygen atoms in total. The van der Waals surface area contributed by atoms with Gasteiger partial charge in [0, 0.05) is 24.9 Å². The number of nitrogens with one attached hydrogen (secondary N) is 2. The summed E-state index contributed by atoms with van der Waals surface area (Å²) in [7, 11) is 0. The number of para-hydroxylation sites is 1. The summed E-state index contributed by atoms with van der Waals surface area (Å²) in [5.74, 6) is 0.869. The van der Waals surface area contributed by atoms with Gasteiger partial charge in [0.1, 0.15) is 11.3 Å². The standard InChI is InChI=1S/C23H22N4O2/c28-23(24-12-16-6-2-1-3-7-16)21-11-19-20(26-15-25-19)14-27(21)13-18-10-17-8-4-5-9-22(17)29-18/h1-10,15,21H,11-14H2,(H,24,28)(H,25,26). The van der Waals surface area contributed by atoms with E-state index in [-0.39, 0.29) is 11.9 Å². The van der Waals surface area contributed by atoms with Gasteiger partial charge in [-0.2, -0.15) is 0 Å². The van der Waals surface area contributed by atoms with Crippen LogP contribution in [-0.2, 0) is 30.8 Å². The molecule has 0 bridgehead atoms. The van der Waals surface area contributed by atoms with E-state index in [9.17, 15) is 4.79 Å². The monoisotopic (exact) mass is 386 g/mol. The summed E-state index contributed by atoms with van der Waals surface area (Å²) in [4.78, 5) is 22.8. The highest BCUT2D eigenvalue weighted by Crippen LogP contribution is 2.26. The van der Waals surface area contributed by atoms with Crippen LogP contribution in [0, 0.1) is 0 Å². The molecule has 4 aromatic rings. The fraction of sp³-hybridized carbons (Fsp3) is 0.217. The quantitative estimate of drug-likeness (QED) is 0.551. The number of aromatic nitrogens is 2. The number of benzene rings is 2. The molecule has 0 radical (unpaired) electrons. The van der Waals surface area contributed by atoms with Gasteiger partial charge in [-0.15, -0.1) is 0 Å². The Kier molecular flexibility index (Phi) is 4.62. The van der Waals surface area contributed by atoms with E-state index in [1.165, 1.54) is 0 Å². The highest BCUT2D eigenvalue weighted by molar-refractivity contribution is 5.82. The number of amides is 1. The maximum Gasteiger partial charge on any atom is 0.238 e. The van der Waals surface area contributed by atoms with Crippen LogP contribution in [0.25, 0.3) is 11.0 Å². The number of H-pyrrole nitrogens is 1. The average Bonchev–Trinajstić information content (AvgIpc) is 3.38. The third-order valence-corrected chi connectivity index (χ3v) is 5.44. The number of carbonyl (C=O) groups excluding carboxylic acids is 1. The fourth-order valence-corrected chi connectivity index (χ4v) is 3.93. The molecule has 6 heteroatoms. The molecule has 0 saturated heterocycles. The smallest absolute Gasteiger partial charge is 0.238 e. The highest BCUT2D eigenvalue weighted by atomic mass is 16.3. The van der Waals surface area contributed by atoms with E-state index in [2.05, 4.69) is 26.3 Å². The van der Waals surface area contributed by atoms with Crippen molar-refractivity contribution in [2.24, 2.45) is 0 Å². The fourth-order valence-electron chi connectivity index (χ4n) is 3.93. The Balaban J connectivity index is 1.36.